The third-order valence-electron chi connectivity index (χ3n) is 4.36. The lowest BCUT2D eigenvalue weighted by atomic mass is 10.2. The average Bonchev–Trinajstić information content (AvgIpc) is 2.77. The van der Waals surface area contributed by atoms with Crippen LogP contribution in [0.25, 0.3) is 0 Å². The summed E-state index contributed by atoms with van der Waals surface area (Å²) in [5.41, 5.74) is 4.22. The molecule has 3 aromatic rings. The van der Waals surface area contributed by atoms with Gasteiger partial charge in [0.05, 0.1) is 19.4 Å². The van der Waals surface area contributed by atoms with Crippen LogP contribution in [0.4, 0.5) is 23.5 Å². The van der Waals surface area contributed by atoms with Gasteiger partial charge in [0, 0.05) is 33.3 Å². The first-order valence-electron chi connectivity index (χ1n) is 9.46. The van der Waals surface area contributed by atoms with Gasteiger partial charge in [-0.25, -0.2) is 5.43 Å². The number of rotatable bonds is 6. The maximum Gasteiger partial charge on any atom is 0.250 e. The van der Waals surface area contributed by atoms with Gasteiger partial charge in [-0.3, -0.25) is 0 Å². The van der Waals surface area contributed by atoms with Gasteiger partial charge in [0.15, 0.2) is 0 Å². The zero-order valence-electron chi connectivity index (χ0n) is 16.3. The quantitative estimate of drug-likeness (QED) is 0.312. The summed E-state index contributed by atoms with van der Waals surface area (Å²) < 4.78 is 7.20. The van der Waals surface area contributed by atoms with Crippen LogP contribution >= 0.6 is 31.9 Å². The third kappa shape index (κ3) is 5.90. The first kappa shape index (κ1) is 21.5. The van der Waals surface area contributed by atoms with E-state index in [0.29, 0.717) is 43.8 Å². The fraction of sp³-hybridized carbons (Fsp3) is 0.200. The van der Waals surface area contributed by atoms with E-state index in [1.807, 2.05) is 29.2 Å². The highest BCUT2D eigenvalue weighted by Gasteiger charge is 2.16. The van der Waals surface area contributed by atoms with Gasteiger partial charge in [-0.05, 0) is 36.4 Å². The first-order chi connectivity index (χ1) is 15.1. The highest BCUT2D eigenvalue weighted by molar-refractivity contribution is 9.10. The van der Waals surface area contributed by atoms with Crippen LogP contribution < -0.4 is 15.6 Å². The Labute approximate surface area is 195 Å². The van der Waals surface area contributed by atoms with Gasteiger partial charge in [-0.2, -0.15) is 20.1 Å². The molecular formula is C20H19Br2N7O2. The number of morpholine rings is 1. The Kier molecular flexibility index (Phi) is 6.95. The highest BCUT2D eigenvalue weighted by atomic mass is 79.9. The molecule has 31 heavy (non-hydrogen) atoms. The summed E-state index contributed by atoms with van der Waals surface area (Å²) in [6.07, 6.45) is 1.50. The van der Waals surface area contributed by atoms with E-state index < -0.39 is 0 Å². The highest BCUT2D eigenvalue weighted by Crippen LogP contribution is 2.22. The molecule has 4 rings (SSSR count). The first-order valence-corrected chi connectivity index (χ1v) is 11.0. The minimum Gasteiger partial charge on any atom is -0.507 e. The number of aromatic hydroxyl groups is 1. The van der Waals surface area contributed by atoms with Gasteiger partial charge in [0.2, 0.25) is 17.8 Å². The molecule has 0 radical (unpaired) electrons. The number of hydrogen-bond donors (Lipinski definition) is 3. The molecule has 0 unspecified atom stereocenters. The maximum atomic E-state index is 9.96. The minimum atomic E-state index is 0.121. The normalized spacial score (nSPS) is 14.1. The SMILES string of the molecule is Oc1ccc(Br)cc1/C=N/Nc1nc(Nc2cccc(Br)c2)nc(N2CCOCC2)n1. The average molecular weight is 549 g/mol. The number of ether oxygens (including phenoxy) is 1. The van der Waals surface area contributed by atoms with Crippen molar-refractivity contribution in [3.8, 4) is 5.75 Å². The van der Waals surface area contributed by atoms with Crippen LogP contribution in [0.2, 0.25) is 0 Å². The van der Waals surface area contributed by atoms with Gasteiger partial charge in [0.25, 0.3) is 0 Å². The molecular weight excluding hydrogens is 530 g/mol. The minimum absolute atomic E-state index is 0.121. The standard InChI is InChI=1S/C20H19Br2N7O2/c21-14-2-1-3-16(11-14)24-18-25-19(27-20(26-18)29-6-8-31-9-7-29)28-23-12-13-10-15(22)4-5-17(13)30/h1-5,10-12,30H,6-9H2,(H2,24,25,26,27,28)/b23-12+. The molecule has 2 aromatic carbocycles. The molecule has 0 amide bonds. The number of nitrogens with zero attached hydrogens (tertiary/aromatic N) is 5. The lowest BCUT2D eigenvalue weighted by molar-refractivity contribution is 0.122. The maximum absolute atomic E-state index is 9.96. The Hall–Kier alpha value is -2.76. The Bertz CT molecular complexity index is 1090. The smallest absolute Gasteiger partial charge is 0.250 e. The van der Waals surface area contributed by atoms with E-state index in [1.54, 1.807) is 18.2 Å². The van der Waals surface area contributed by atoms with E-state index in [1.165, 1.54) is 6.21 Å². The van der Waals surface area contributed by atoms with Gasteiger partial charge < -0.3 is 20.1 Å². The number of nitrogens with one attached hydrogen (secondary N) is 2. The Morgan fingerprint density at radius 3 is 2.58 bits per heavy atom. The summed E-state index contributed by atoms with van der Waals surface area (Å²) >= 11 is 6.84. The predicted molar refractivity (Wildman–Crippen MR) is 127 cm³/mol. The Morgan fingerprint density at radius 2 is 1.77 bits per heavy atom. The van der Waals surface area contributed by atoms with Crippen LogP contribution in [-0.4, -0.2) is 52.6 Å². The summed E-state index contributed by atoms with van der Waals surface area (Å²) in [7, 11) is 0. The van der Waals surface area contributed by atoms with Gasteiger partial charge in [-0.1, -0.05) is 37.9 Å². The van der Waals surface area contributed by atoms with E-state index in [4.69, 9.17) is 4.74 Å². The van der Waals surface area contributed by atoms with Crippen molar-refractivity contribution in [2.75, 3.05) is 41.9 Å². The number of aromatic nitrogens is 3. The van der Waals surface area contributed by atoms with Crippen molar-refractivity contribution in [3.05, 3.63) is 57.0 Å². The predicted octanol–water partition coefficient (Wildman–Crippen LogP) is 4.13. The molecule has 1 aromatic heterocycles. The second kappa shape index (κ2) is 10.0. The van der Waals surface area contributed by atoms with E-state index >= 15 is 0 Å². The molecule has 1 aliphatic heterocycles. The van der Waals surface area contributed by atoms with Crippen molar-refractivity contribution in [2.24, 2.45) is 5.10 Å². The fourth-order valence-electron chi connectivity index (χ4n) is 2.86. The van der Waals surface area contributed by atoms with Crippen molar-refractivity contribution < 1.29 is 9.84 Å². The van der Waals surface area contributed by atoms with Crippen molar-refractivity contribution in [1.29, 1.82) is 0 Å². The molecule has 0 saturated carbocycles. The van der Waals surface area contributed by atoms with Crippen LogP contribution in [0, 0.1) is 0 Å². The number of phenolic OH excluding ortho intramolecular Hbond substituents is 1. The summed E-state index contributed by atoms with van der Waals surface area (Å²) in [5.74, 6) is 1.31. The third-order valence-corrected chi connectivity index (χ3v) is 5.34. The van der Waals surface area contributed by atoms with Gasteiger partial charge in [-0.15, -0.1) is 0 Å². The van der Waals surface area contributed by atoms with E-state index in [-0.39, 0.29) is 11.7 Å². The van der Waals surface area contributed by atoms with Gasteiger partial charge >= 0.3 is 0 Å². The molecule has 9 nitrogen and oxygen atoms in total. The zero-order chi connectivity index (χ0) is 21.6. The zero-order valence-corrected chi connectivity index (χ0v) is 19.5. The molecule has 0 bridgehead atoms. The second-order valence-corrected chi connectivity index (χ2v) is 8.42. The van der Waals surface area contributed by atoms with E-state index in [2.05, 4.69) is 62.7 Å². The molecule has 11 heteroatoms. The molecule has 1 fully saturated rings. The fourth-order valence-corrected chi connectivity index (χ4v) is 3.64. The van der Waals surface area contributed by atoms with Crippen molar-refractivity contribution in [3.63, 3.8) is 0 Å². The van der Waals surface area contributed by atoms with E-state index in [0.717, 1.165) is 14.6 Å². The molecule has 2 heterocycles. The molecule has 3 N–H and O–H groups in total. The van der Waals surface area contributed by atoms with Crippen LogP contribution in [0.5, 0.6) is 5.75 Å². The monoisotopic (exact) mass is 547 g/mol. The molecule has 0 spiro atoms. The molecule has 0 atom stereocenters. The molecule has 1 aliphatic rings. The summed E-state index contributed by atoms with van der Waals surface area (Å²) in [6.45, 7) is 2.61. The summed E-state index contributed by atoms with van der Waals surface area (Å²) in [6, 6.07) is 12.8. The number of hydrazone groups is 1. The molecule has 0 aliphatic carbocycles. The van der Waals surface area contributed by atoms with Crippen molar-refractivity contribution in [2.45, 2.75) is 0 Å². The largest absolute Gasteiger partial charge is 0.507 e. The topological polar surface area (TPSA) is 108 Å². The number of benzene rings is 2. The van der Waals surface area contributed by atoms with Crippen molar-refractivity contribution >= 4 is 61.6 Å². The number of anilines is 4. The van der Waals surface area contributed by atoms with Crippen molar-refractivity contribution in [1.82, 2.24) is 15.0 Å². The van der Waals surface area contributed by atoms with Crippen LogP contribution in [0.3, 0.4) is 0 Å². The Balaban J connectivity index is 1.59. The number of halogens is 2. The number of hydrogen-bond acceptors (Lipinski definition) is 9. The van der Waals surface area contributed by atoms with Crippen LogP contribution in [0.15, 0.2) is 56.5 Å². The number of phenols is 1. The summed E-state index contributed by atoms with van der Waals surface area (Å²) in [5, 5.41) is 17.3. The Morgan fingerprint density at radius 1 is 1.00 bits per heavy atom. The molecule has 1 saturated heterocycles. The van der Waals surface area contributed by atoms with E-state index in [9.17, 15) is 5.11 Å². The molecule has 160 valence electrons. The lowest BCUT2D eigenvalue weighted by Crippen LogP contribution is -2.37. The summed E-state index contributed by atoms with van der Waals surface area (Å²) in [4.78, 5) is 15.5. The van der Waals surface area contributed by atoms with Crippen LogP contribution in [-0.2, 0) is 4.74 Å². The second-order valence-electron chi connectivity index (χ2n) is 6.59. The van der Waals surface area contributed by atoms with Gasteiger partial charge in [0.1, 0.15) is 5.75 Å². The van der Waals surface area contributed by atoms with Crippen LogP contribution in [0.1, 0.15) is 5.56 Å². The lowest BCUT2D eigenvalue weighted by Gasteiger charge is -2.27.